The van der Waals surface area contributed by atoms with Crippen molar-refractivity contribution in [2.24, 2.45) is 0 Å². The molecule has 2 heterocycles. The van der Waals surface area contributed by atoms with Gasteiger partial charge < -0.3 is 44.2 Å². The van der Waals surface area contributed by atoms with Gasteiger partial charge >= 0.3 is 5.63 Å². The third-order valence-electron chi connectivity index (χ3n) is 6.41. The van der Waals surface area contributed by atoms with Crippen LogP contribution in [0, 0.1) is 0 Å². The Hall–Kier alpha value is -2.37. The van der Waals surface area contributed by atoms with Crippen LogP contribution in [0.25, 0.3) is 11.0 Å². The van der Waals surface area contributed by atoms with Crippen LogP contribution in [0.5, 0.6) is 17.2 Å². The van der Waals surface area contributed by atoms with Crippen LogP contribution < -0.4 is 15.1 Å². The van der Waals surface area contributed by atoms with Crippen molar-refractivity contribution in [3.8, 4) is 17.2 Å². The Bertz CT molecular complexity index is 1000. The van der Waals surface area contributed by atoms with Gasteiger partial charge in [0.15, 0.2) is 5.75 Å². The summed E-state index contributed by atoms with van der Waals surface area (Å²) in [4.78, 5) is 12.2. The lowest BCUT2D eigenvalue weighted by molar-refractivity contribution is -0.277. The minimum atomic E-state index is -1.71. The van der Waals surface area contributed by atoms with Gasteiger partial charge in [-0.3, -0.25) is 0 Å². The van der Waals surface area contributed by atoms with Crippen molar-refractivity contribution in [3.63, 3.8) is 0 Å². The first-order valence-corrected chi connectivity index (χ1v) is 12.8. The molecule has 3 rings (SSSR count). The predicted octanol–water partition coefficient (Wildman–Crippen LogP) is 2.59. The average molecular weight is 511 g/mol. The number of ether oxygens (including phenoxy) is 3. The lowest BCUT2D eigenvalue weighted by Crippen LogP contribution is -2.60. The summed E-state index contributed by atoms with van der Waals surface area (Å²) in [7, 11) is 0. The van der Waals surface area contributed by atoms with Gasteiger partial charge in [-0.25, -0.2) is 4.79 Å². The van der Waals surface area contributed by atoms with Gasteiger partial charge in [0.2, 0.25) is 12.0 Å². The SMILES string of the molecule is CCCCCCCCCCCOc1ccc2c(O[C@@H]3O[C@H](CO)[C@@H](O)[C@H](O)[C@@H]3O)c(O)c(=O)oc2c1. The molecule has 2 aromatic rings. The molecule has 10 heteroatoms. The minimum absolute atomic E-state index is 0.0852. The van der Waals surface area contributed by atoms with Gasteiger partial charge in [-0.2, -0.15) is 0 Å². The van der Waals surface area contributed by atoms with Crippen molar-refractivity contribution in [2.75, 3.05) is 13.2 Å². The maximum atomic E-state index is 12.2. The Morgan fingerprint density at radius 1 is 0.917 bits per heavy atom. The first kappa shape index (κ1) is 28.2. The van der Waals surface area contributed by atoms with Gasteiger partial charge in [-0.05, 0) is 18.6 Å². The van der Waals surface area contributed by atoms with Gasteiger partial charge in [0.05, 0.1) is 18.6 Å². The Morgan fingerprint density at radius 3 is 2.25 bits per heavy atom. The molecule has 0 aliphatic carbocycles. The van der Waals surface area contributed by atoms with Crippen LogP contribution in [0.2, 0.25) is 0 Å². The van der Waals surface area contributed by atoms with Crippen molar-refractivity contribution in [2.45, 2.75) is 95.4 Å². The molecule has 0 amide bonds. The van der Waals surface area contributed by atoms with Gasteiger partial charge in [-0.1, -0.05) is 58.3 Å². The third-order valence-corrected chi connectivity index (χ3v) is 6.41. The molecule has 0 radical (unpaired) electrons. The van der Waals surface area contributed by atoms with E-state index in [-0.39, 0.29) is 16.7 Å². The normalized spacial score (nSPS) is 24.2. The smallest absolute Gasteiger partial charge is 0.382 e. The summed E-state index contributed by atoms with van der Waals surface area (Å²) in [6.45, 7) is 2.08. The number of hydrogen-bond acceptors (Lipinski definition) is 10. The van der Waals surface area contributed by atoms with Crippen LogP contribution >= 0.6 is 0 Å². The second kappa shape index (κ2) is 13.8. The zero-order valence-corrected chi connectivity index (χ0v) is 20.7. The molecule has 1 aliphatic rings. The highest BCUT2D eigenvalue weighted by Crippen LogP contribution is 2.36. The summed E-state index contributed by atoms with van der Waals surface area (Å²) in [5.41, 5.74) is -0.986. The number of rotatable bonds is 14. The second-order valence-electron chi connectivity index (χ2n) is 9.22. The molecule has 5 atom stereocenters. The maximum Gasteiger partial charge on any atom is 0.382 e. The number of aromatic hydroxyl groups is 1. The summed E-state index contributed by atoms with van der Waals surface area (Å²) in [5, 5.41) is 50.0. The number of unbranched alkanes of at least 4 members (excludes halogenated alkanes) is 8. The van der Waals surface area contributed by atoms with Gasteiger partial charge in [0, 0.05) is 6.07 Å². The minimum Gasteiger partial charge on any atom is -0.499 e. The zero-order valence-electron chi connectivity index (χ0n) is 20.7. The summed E-state index contributed by atoms with van der Waals surface area (Å²) in [5.74, 6) is -0.686. The van der Waals surface area contributed by atoms with E-state index in [2.05, 4.69) is 6.92 Å². The Labute approximate surface area is 210 Å². The number of hydrogen-bond donors (Lipinski definition) is 5. The molecular formula is C26H38O10. The molecule has 1 aromatic heterocycles. The summed E-state index contributed by atoms with van der Waals surface area (Å²) in [6.07, 6.45) is 3.08. The summed E-state index contributed by atoms with van der Waals surface area (Å²) in [6, 6.07) is 4.67. The fourth-order valence-corrected chi connectivity index (χ4v) is 4.24. The van der Waals surface area contributed by atoms with E-state index in [0.717, 1.165) is 12.8 Å². The molecule has 1 saturated heterocycles. The Kier molecular flexibility index (Phi) is 10.8. The number of fused-ring (bicyclic) bond motifs is 1. The second-order valence-corrected chi connectivity index (χ2v) is 9.22. The van der Waals surface area contributed by atoms with Crippen LogP contribution in [0.1, 0.15) is 64.7 Å². The topological polar surface area (TPSA) is 159 Å². The monoisotopic (exact) mass is 510 g/mol. The standard InChI is InChI=1S/C26H38O10/c1-2-3-4-5-6-7-8-9-10-13-33-16-11-12-17-18(14-16)34-25(32)23(31)24(17)36-26-22(30)21(29)20(28)19(15-27)35-26/h11-12,14,19-22,26-31H,2-10,13,15H2,1H3/t19-,20-,21+,22+,26+/m1/s1. The number of benzene rings is 1. The summed E-state index contributed by atoms with van der Waals surface area (Å²) >= 11 is 0. The molecule has 1 fully saturated rings. The van der Waals surface area contributed by atoms with Crippen LogP contribution in [0.4, 0.5) is 0 Å². The first-order valence-electron chi connectivity index (χ1n) is 12.8. The largest absolute Gasteiger partial charge is 0.499 e. The van der Waals surface area contributed by atoms with E-state index < -0.39 is 48.7 Å². The molecule has 0 saturated carbocycles. The van der Waals surface area contributed by atoms with E-state index in [4.69, 9.17) is 18.6 Å². The van der Waals surface area contributed by atoms with Crippen LogP contribution in [0.15, 0.2) is 27.4 Å². The number of aliphatic hydroxyl groups excluding tert-OH is 4. The molecule has 36 heavy (non-hydrogen) atoms. The predicted molar refractivity (Wildman–Crippen MR) is 131 cm³/mol. The molecule has 1 aromatic carbocycles. The Balaban J connectivity index is 1.60. The molecule has 202 valence electrons. The van der Waals surface area contributed by atoms with Crippen molar-refractivity contribution < 1.29 is 44.2 Å². The highest BCUT2D eigenvalue weighted by atomic mass is 16.7. The molecule has 0 bridgehead atoms. The molecule has 10 nitrogen and oxygen atoms in total. The van der Waals surface area contributed by atoms with Crippen LogP contribution in [-0.2, 0) is 4.74 Å². The number of aliphatic hydroxyl groups is 4. The fourth-order valence-electron chi connectivity index (χ4n) is 4.24. The van der Waals surface area contributed by atoms with E-state index in [9.17, 15) is 30.3 Å². The van der Waals surface area contributed by atoms with E-state index >= 15 is 0 Å². The highest BCUT2D eigenvalue weighted by molar-refractivity contribution is 5.86. The molecular weight excluding hydrogens is 472 g/mol. The fraction of sp³-hybridized carbons (Fsp3) is 0.654. The van der Waals surface area contributed by atoms with Crippen molar-refractivity contribution >= 4 is 11.0 Å². The van der Waals surface area contributed by atoms with E-state index in [1.54, 1.807) is 6.07 Å². The van der Waals surface area contributed by atoms with Gasteiger partial charge in [0.25, 0.3) is 0 Å². The lowest BCUT2D eigenvalue weighted by atomic mass is 9.99. The average Bonchev–Trinajstić information content (AvgIpc) is 2.87. The molecule has 5 N–H and O–H groups in total. The zero-order chi connectivity index (χ0) is 26.1. The Morgan fingerprint density at radius 2 is 1.58 bits per heavy atom. The van der Waals surface area contributed by atoms with Crippen molar-refractivity contribution in [3.05, 3.63) is 28.6 Å². The highest BCUT2D eigenvalue weighted by Gasteiger charge is 2.45. The van der Waals surface area contributed by atoms with Crippen molar-refractivity contribution in [1.29, 1.82) is 0 Å². The van der Waals surface area contributed by atoms with Crippen molar-refractivity contribution in [1.82, 2.24) is 0 Å². The van der Waals surface area contributed by atoms with Crippen LogP contribution in [-0.4, -0.2) is 69.5 Å². The summed E-state index contributed by atoms with van der Waals surface area (Å²) < 4.78 is 21.8. The third kappa shape index (κ3) is 7.10. The first-order chi connectivity index (χ1) is 17.4. The van der Waals surface area contributed by atoms with Crippen LogP contribution in [0.3, 0.4) is 0 Å². The van der Waals surface area contributed by atoms with E-state index in [1.807, 2.05) is 0 Å². The molecule has 0 spiro atoms. The molecule has 0 unspecified atom stereocenters. The molecule has 1 aliphatic heterocycles. The van der Waals surface area contributed by atoms with Gasteiger partial charge in [-0.15, -0.1) is 0 Å². The maximum absolute atomic E-state index is 12.2. The van der Waals surface area contributed by atoms with E-state index in [1.165, 1.54) is 57.1 Å². The van der Waals surface area contributed by atoms with Gasteiger partial charge in [0.1, 0.15) is 35.7 Å². The van der Waals surface area contributed by atoms with E-state index in [0.29, 0.717) is 12.4 Å². The quantitative estimate of drug-likeness (QED) is 0.189. The lowest BCUT2D eigenvalue weighted by Gasteiger charge is -2.39.